The molecule has 1 fully saturated rings. The lowest BCUT2D eigenvalue weighted by Gasteiger charge is -2.36. The minimum Gasteiger partial charge on any atom is -0.493 e. The Bertz CT molecular complexity index is 947. The van der Waals surface area contributed by atoms with Crippen molar-refractivity contribution in [2.24, 2.45) is 0 Å². The molecule has 1 aromatic heterocycles. The van der Waals surface area contributed by atoms with E-state index >= 15 is 0 Å². The lowest BCUT2D eigenvalue weighted by molar-refractivity contribution is 0.238. The van der Waals surface area contributed by atoms with E-state index in [2.05, 4.69) is 40.1 Å². The fourth-order valence-electron chi connectivity index (χ4n) is 3.63. The molecule has 2 aromatic carbocycles. The highest BCUT2D eigenvalue weighted by molar-refractivity contribution is 5.77. The Labute approximate surface area is 165 Å². The first-order valence-corrected chi connectivity index (χ1v) is 9.97. The van der Waals surface area contributed by atoms with Gasteiger partial charge in [-0.25, -0.2) is 4.79 Å². The quantitative estimate of drug-likeness (QED) is 0.463. The van der Waals surface area contributed by atoms with Crippen molar-refractivity contribution >= 4 is 16.7 Å². The summed E-state index contributed by atoms with van der Waals surface area (Å²) in [5.41, 5.74) is 1.56. The van der Waals surface area contributed by atoms with Gasteiger partial charge in [0.25, 0.3) is 0 Å². The van der Waals surface area contributed by atoms with E-state index in [-0.39, 0.29) is 5.63 Å². The van der Waals surface area contributed by atoms with Crippen LogP contribution in [0.15, 0.2) is 69.9 Å². The molecule has 0 spiro atoms. The second kappa shape index (κ2) is 8.93. The van der Waals surface area contributed by atoms with Gasteiger partial charge in [0.15, 0.2) is 0 Å². The Morgan fingerprint density at radius 1 is 0.893 bits per heavy atom. The molecule has 1 saturated heterocycles. The number of para-hydroxylation sites is 1. The van der Waals surface area contributed by atoms with E-state index in [1.807, 2.05) is 12.1 Å². The number of unbranched alkanes of at least 4 members (excludes halogenated alkanes) is 1. The number of ether oxygens (including phenoxy) is 1. The van der Waals surface area contributed by atoms with Gasteiger partial charge in [-0.15, -0.1) is 0 Å². The highest BCUT2D eigenvalue weighted by Crippen LogP contribution is 2.20. The van der Waals surface area contributed by atoms with Crippen LogP contribution in [-0.2, 0) is 0 Å². The van der Waals surface area contributed by atoms with Crippen LogP contribution in [-0.4, -0.2) is 44.2 Å². The van der Waals surface area contributed by atoms with Crippen molar-refractivity contribution in [3.8, 4) is 5.75 Å². The summed E-state index contributed by atoms with van der Waals surface area (Å²) < 4.78 is 11.0. The molecule has 0 radical (unpaired) electrons. The van der Waals surface area contributed by atoms with Crippen molar-refractivity contribution in [2.75, 3.05) is 44.2 Å². The maximum atomic E-state index is 11.3. The zero-order valence-electron chi connectivity index (χ0n) is 16.0. The van der Waals surface area contributed by atoms with E-state index in [0.717, 1.165) is 56.7 Å². The van der Waals surface area contributed by atoms with Gasteiger partial charge in [0.05, 0.1) is 6.61 Å². The number of nitrogens with zero attached hydrogens (tertiary/aromatic N) is 2. The van der Waals surface area contributed by atoms with Crippen molar-refractivity contribution < 1.29 is 9.15 Å². The van der Waals surface area contributed by atoms with Crippen LogP contribution in [0.25, 0.3) is 11.0 Å². The Balaban J connectivity index is 1.16. The van der Waals surface area contributed by atoms with Crippen LogP contribution in [0.5, 0.6) is 5.75 Å². The van der Waals surface area contributed by atoms with Crippen LogP contribution in [0.4, 0.5) is 5.69 Å². The first-order valence-electron chi connectivity index (χ1n) is 9.97. The van der Waals surface area contributed by atoms with Gasteiger partial charge in [-0.2, -0.15) is 0 Å². The van der Waals surface area contributed by atoms with Crippen LogP contribution in [0.3, 0.4) is 0 Å². The van der Waals surface area contributed by atoms with E-state index in [4.69, 9.17) is 9.15 Å². The minimum atomic E-state index is -0.336. The van der Waals surface area contributed by atoms with Gasteiger partial charge >= 0.3 is 5.63 Å². The van der Waals surface area contributed by atoms with Gasteiger partial charge in [-0.1, -0.05) is 18.2 Å². The number of rotatable bonds is 7. The van der Waals surface area contributed by atoms with Gasteiger partial charge in [0.1, 0.15) is 11.3 Å². The Morgan fingerprint density at radius 3 is 2.50 bits per heavy atom. The molecule has 2 heterocycles. The normalized spacial score (nSPS) is 15.1. The summed E-state index contributed by atoms with van der Waals surface area (Å²) in [6.45, 7) is 6.18. The van der Waals surface area contributed by atoms with Gasteiger partial charge in [-0.3, -0.25) is 4.90 Å². The largest absolute Gasteiger partial charge is 0.493 e. The molecule has 1 aliphatic rings. The maximum Gasteiger partial charge on any atom is 0.336 e. The first-order chi connectivity index (χ1) is 13.8. The number of piperazine rings is 1. The van der Waals surface area contributed by atoms with Crippen molar-refractivity contribution in [3.63, 3.8) is 0 Å². The van der Waals surface area contributed by atoms with E-state index in [9.17, 15) is 4.79 Å². The van der Waals surface area contributed by atoms with Gasteiger partial charge in [0, 0.05) is 49.4 Å². The second-order valence-corrected chi connectivity index (χ2v) is 7.17. The molecule has 3 aromatic rings. The summed E-state index contributed by atoms with van der Waals surface area (Å²) in [6.07, 6.45) is 2.13. The molecule has 0 atom stereocenters. The molecular weight excluding hydrogens is 352 g/mol. The molecule has 4 rings (SSSR count). The molecule has 0 saturated carbocycles. The molecule has 1 aliphatic heterocycles. The third-order valence-corrected chi connectivity index (χ3v) is 5.23. The number of fused-ring (bicyclic) bond motifs is 1. The molecule has 0 amide bonds. The number of benzene rings is 2. The summed E-state index contributed by atoms with van der Waals surface area (Å²) in [7, 11) is 0. The van der Waals surface area contributed by atoms with Crippen LogP contribution in [0.1, 0.15) is 12.8 Å². The van der Waals surface area contributed by atoms with Crippen LogP contribution in [0, 0.1) is 0 Å². The molecule has 0 aliphatic carbocycles. The SMILES string of the molecule is O=c1ccc2ccc(OCCCCN3CCN(c4ccccc4)CC3)cc2o1. The van der Waals surface area contributed by atoms with Gasteiger partial charge in [-0.05, 0) is 49.7 Å². The summed E-state index contributed by atoms with van der Waals surface area (Å²) in [6, 6.07) is 19.5. The average molecular weight is 378 g/mol. The number of hydrogen-bond donors (Lipinski definition) is 0. The first kappa shape index (κ1) is 18.6. The van der Waals surface area contributed by atoms with E-state index in [1.165, 1.54) is 11.8 Å². The summed E-state index contributed by atoms with van der Waals surface area (Å²) in [4.78, 5) is 16.3. The Hall–Kier alpha value is -2.79. The molecule has 5 heteroatoms. The lowest BCUT2D eigenvalue weighted by Crippen LogP contribution is -2.46. The molecule has 28 heavy (non-hydrogen) atoms. The van der Waals surface area contributed by atoms with Crippen LogP contribution < -0.4 is 15.3 Å². The third-order valence-electron chi connectivity index (χ3n) is 5.23. The predicted molar refractivity (Wildman–Crippen MR) is 112 cm³/mol. The Morgan fingerprint density at radius 2 is 1.68 bits per heavy atom. The lowest BCUT2D eigenvalue weighted by atomic mass is 10.2. The fourth-order valence-corrected chi connectivity index (χ4v) is 3.63. The van der Waals surface area contributed by atoms with Gasteiger partial charge < -0.3 is 14.1 Å². The van der Waals surface area contributed by atoms with Crippen molar-refractivity contribution in [2.45, 2.75) is 12.8 Å². The monoisotopic (exact) mass is 378 g/mol. The van der Waals surface area contributed by atoms with Crippen molar-refractivity contribution in [3.05, 3.63) is 71.1 Å². The van der Waals surface area contributed by atoms with Gasteiger partial charge in [0.2, 0.25) is 0 Å². The molecule has 0 bridgehead atoms. The summed E-state index contributed by atoms with van der Waals surface area (Å²) >= 11 is 0. The average Bonchev–Trinajstić information content (AvgIpc) is 2.74. The molecular formula is C23H26N2O3. The second-order valence-electron chi connectivity index (χ2n) is 7.17. The molecule has 146 valence electrons. The van der Waals surface area contributed by atoms with Crippen LogP contribution in [0.2, 0.25) is 0 Å². The van der Waals surface area contributed by atoms with Crippen molar-refractivity contribution in [1.82, 2.24) is 4.90 Å². The van der Waals surface area contributed by atoms with E-state index < -0.39 is 0 Å². The van der Waals surface area contributed by atoms with Crippen LogP contribution >= 0.6 is 0 Å². The molecule has 0 unspecified atom stereocenters. The number of anilines is 1. The topological polar surface area (TPSA) is 45.9 Å². The highest BCUT2D eigenvalue weighted by Gasteiger charge is 2.16. The zero-order valence-corrected chi connectivity index (χ0v) is 16.0. The molecule has 5 nitrogen and oxygen atoms in total. The standard InChI is InChI=1S/C23H26N2O3/c26-23-11-9-19-8-10-21(18-22(19)28-23)27-17-5-4-12-24-13-15-25(16-14-24)20-6-2-1-3-7-20/h1-3,6-11,18H,4-5,12-17H2. The van der Waals surface area contributed by atoms with E-state index in [1.54, 1.807) is 12.1 Å². The fraction of sp³-hybridized carbons (Fsp3) is 0.348. The maximum absolute atomic E-state index is 11.3. The highest BCUT2D eigenvalue weighted by atomic mass is 16.5. The zero-order chi connectivity index (χ0) is 19.2. The minimum absolute atomic E-state index is 0.336. The number of hydrogen-bond acceptors (Lipinski definition) is 5. The smallest absolute Gasteiger partial charge is 0.336 e. The van der Waals surface area contributed by atoms with E-state index in [0.29, 0.717) is 12.2 Å². The predicted octanol–water partition coefficient (Wildman–Crippen LogP) is 3.77. The third kappa shape index (κ3) is 4.73. The van der Waals surface area contributed by atoms with Crippen molar-refractivity contribution in [1.29, 1.82) is 0 Å². The Kier molecular flexibility index (Phi) is 5.92. The molecule has 0 N–H and O–H groups in total. The summed E-state index contributed by atoms with van der Waals surface area (Å²) in [5, 5.41) is 0.904. The summed E-state index contributed by atoms with van der Waals surface area (Å²) in [5.74, 6) is 0.748.